The minimum Gasteiger partial charge on any atom is -0.508 e. The molecular weight excluding hydrogens is 368 g/mol. The van der Waals surface area contributed by atoms with Crippen LogP contribution in [0.4, 0.5) is 5.69 Å². The molecule has 4 rings (SSSR count). The highest BCUT2D eigenvalue weighted by atomic mass is 35.5. The van der Waals surface area contributed by atoms with Crippen LogP contribution in [0.3, 0.4) is 0 Å². The molecule has 0 fully saturated rings. The molecule has 0 aliphatic rings. The van der Waals surface area contributed by atoms with Gasteiger partial charge >= 0.3 is 0 Å². The van der Waals surface area contributed by atoms with Crippen molar-refractivity contribution in [2.24, 2.45) is 4.99 Å². The molecule has 4 heteroatoms. The molecule has 1 atom stereocenters. The number of nitrogens with two attached hydrogens (primary N) is 1. The minimum atomic E-state index is -0.442. The standard InChI is InChI=1S/C24H19ClN2O/c25-18-12-9-16(10-13-18)15-27-24(20-7-3-4-8-21(20)26)23-19-6-2-1-5-17(19)11-14-22(23)28/h1-15,24,28H,26H2. The zero-order chi connectivity index (χ0) is 19.5. The third kappa shape index (κ3) is 3.57. The van der Waals surface area contributed by atoms with Crippen molar-refractivity contribution in [1.29, 1.82) is 0 Å². The number of halogens is 1. The predicted molar refractivity (Wildman–Crippen MR) is 117 cm³/mol. The highest BCUT2D eigenvalue weighted by molar-refractivity contribution is 6.30. The Labute approximate surface area is 168 Å². The Morgan fingerprint density at radius 2 is 1.57 bits per heavy atom. The quantitative estimate of drug-likeness (QED) is 0.334. The molecule has 0 saturated carbocycles. The highest BCUT2D eigenvalue weighted by Crippen LogP contribution is 2.39. The highest BCUT2D eigenvalue weighted by Gasteiger charge is 2.21. The van der Waals surface area contributed by atoms with Gasteiger partial charge in [-0.15, -0.1) is 0 Å². The third-order valence-electron chi connectivity index (χ3n) is 4.75. The second kappa shape index (κ2) is 7.75. The van der Waals surface area contributed by atoms with E-state index in [-0.39, 0.29) is 5.75 Å². The Bertz CT molecular complexity index is 1150. The summed E-state index contributed by atoms with van der Waals surface area (Å²) in [7, 11) is 0. The Hall–Kier alpha value is -3.30. The number of para-hydroxylation sites is 1. The maximum atomic E-state index is 10.7. The number of phenols is 1. The lowest BCUT2D eigenvalue weighted by Gasteiger charge is -2.19. The number of aromatic hydroxyl groups is 1. The lowest BCUT2D eigenvalue weighted by atomic mass is 9.92. The fraction of sp³-hybridized carbons (Fsp3) is 0.0417. The number of rotatable bonds is 4. The van der Waals surface area contributed by atoms with E-state index in [2.05, 4.69) is 0 Å². The van der Waals surface area contributed by atoms with Gasteiger partial charge in [-0.1, -0.05) is 72.3 Å². The lowest BCUT2D eigenvalue weighted by molar-refractivity contribution is 0.467. The SMILES string of the molecule is Nc1ccccc1C(N=Cc1ccc(Cl)cc1)c1c(O)ccc2ccccc12. The first-order chi connectivity index (χ1) is 13.6. The topological polar surface area (TPSA) is 58.6 Å². The molecule has 4 aromatic carbocycles. The summed E-state index contributed by atoms with van der Waals surface area (Å²) in [5.74, 6) is 0.195. The van der Waals surface area contributed by atoms with Crippen LogP contribution in [0.1, 0.15) is 22.7 Å². The van der Waals surface area contributed by atoms with E-state index in [0.717, 1.165) is 27.5 Å². The molecule has 1 unspecified atom stereocenters. The molecule has 3 nitrogen and oxygen atoms in total. The van der Waals surface area contributed by atoms with Crippen molar-refractivity contribution in [1.82, 2.24) is 0 Å². The van der Waals surface area contributed by atoms with Crippen molar-refractivity contribution < 1.29 is 5.11 Å². The third-order valence-corrected chi connectivity index (χ3v) is 5.01. The van der Waals surface area contributed by atoms with Crippen molar-refractivity contribution in [3.8, 4) is 5.75 Å². The molecule has 0 radical (unpaired) electrons. The molecule has 0 aliphatic carbocycles. The summed E-state index contributed by atoms with van der Waals surface area (Å²) < 4.78 is 0. The molecule has 4 aromatic rings. The summed E-state index contributed by atoms with van der Waals surface area (Å²) >= 11 is 5.98. The van der Waals surface area contributed by atoms with Gasteiger partial charge in [0.05, 0.1) is 0 Å². The van der Waals surface area contributed by atoms with E-state index < -0.39 is 6.04 Å². The van der Waals surface area contributed by atoms with Gasteiger partial charge in [0.1, 0.15) is 11.8 Å². The summed E-state index contributed by atoms with van der Waals surface area (Å²) in [6.07, 6.45) is 1.79. The van der Waals surface area contributed by atoms with Gasteiger partial charge in [0, 0.05) is 28.1 Å². The van der Waals surface area contributed by atoms with Crippen LogP contribution in [0.5, 0.6) is 5.75 Å². The van der Waals surface area contributed by atoms with E-state index in [4.69, 9.17) is 22.3 Å². The van der Waals surface area contributed by atoms with E-state index >= 15 is 0 Å². The van der Waals surface area contributed by atoms with Gasteiger partial charge < -0.3 is 10.8 Å². The van der Waals surface area contributed by atoms with Gasteiger partial charge in [0.2, 0.25) is 0 Å². The fourth-order valence-corrected chi connectivity index (χ4v) is 3.48. The minimum absolute atomic E-state index is 0.195. The Morgan fingerprint density at radius 3 is 2.36 bits per heavy atom. The molecule has 0 spiro atoms. The average molecular weight is 387 g/mol. The molecule has 3 N–H and O–H groups in total. The van der Waals surface area contributed by atoms with Gasteiger partial charge in [0.25, 0.3) is 0 Å². The van der Waals surface area contributed by atoms with Gasteiger partial charge in [0.15, 0.2) is 0 Å². The largest absolute Gasteiger partial charge is 0.508 e. The summed E-state index contributed by atoms with van der Waals surface area (Å²) in [4.78, 5) is 4.83. The maximum Gasteiger partial charge on any atom is 0.121 e. The smallest absolute Gasteiger partial charge is 0.121 e. The molecule has 28 heavy (non-hydrogen) atoms. The zero-order valence-corrected chi connectivity index (χ0v) is 15.8. The van der Waals surface area contributed by atoms with E-state index in [9.17, 15) is 5.11 Å². The van der Waals surface area contributed by atoms with Crippen molar-refractivity contribution in [3.05, 3.63) is 107 Å². The normalized spacial score (nSPS) is 12.5. The van der Waals surface area contributed by atoms with Gasteiger partial charge in [-0.3, -0.25) is 4.99 Å². The number of benzene rings is 4. The fourth-order valence-electron chi connectivity index (χ4n) is 3.35. The van der Waals surface area contributed by atoms with E-state index in [1.54, 1.807) is 12.3 Å². The molecule has 138 valence electrons. The van der Waals surface area contributed by atoms with Crippen LogP contribution in [0, 0.1) is 0 Å². The van der Waals surface area contributed by atoms with Crippen LogP contribution in [-0.4, -0.2) is 11.3 Å². The molecule has 0 saturated heterocycles. The van der Waals surface area contributed by atoms with Crippen molar-refractivity contribution in [2.45, 2.75) is 6.04 Å². The van der Waals surface area contributed by atoms with Crippen LogP contribution in [0.25, 0.3) is 10.8 Å². The van der Waals surface area contributed by atoms with Crippen LogP contribution in [0.2, 0.25) is 5.02 Å². The van der Waals surface area contributed by atoms with E-state index in [1.807, 2.05) is 78.9 Å². The molecule has 0 bridgehead atoms. The number of phenolic OH excluding ortho intramolecular Hbond substituents is 1. The van der Waals surface area contributed by atoms with Crippen LogP contribution < -0.4 is 5.73 Å². The van der Waals surface area contributed by atoms with Crippen LogP contribution in [0.15, 0.2) is 89.9 Å². The van der Waals surface area contributed by atoms with Gasteiger partial charge in [-0.05, 0) is 40.6 Å². The van der Waals surface area contributed by atoms with Gasteiger partial charge in [-0.2, -0.15) is 0 Å². The van der Waals surface area contributed by atoms with Crippen molar-refractivity contribution >= 4 is 34.3 Å². The Kier molecular flexibility index (Phi) is 5.00. The number of hydrogen-bond acceptors (Lipinski definition) is 3. The lowest BCUT2D eigenvalue weighted by Crippen LogP contribution is -2.04. The molecule has 0 aliphatic heterocycles. The number of anilines is 1. The first-order valence-electron chi connectivity index (χ1n) is 8.97. The van der Waals surface area contributed by atoms with Crippen LogP contribution in [-0.2, 0) is 0 Å². The average Bonchev–Trinajstić information content (AvgIpc) is 2.72. The molecule has 0 amide bonds. The number of hydrogen-bond donors (Lipinski definition) is 2. The predicted octanol–water partition coefficient (Wildman–Crippen LogP) is 5.99. The zero-order valence-electron chi connectivity index (χ0n) is 15.1. The molecular formula is C24H19ClN2O. The first kappa shape index (κ1) is 18.1. The van der Waals surface area contributed by atoms with E-state index in [1.165, 1.54) is 0 Å². The van der Waals surface area contributed by atoms with Gasteiger partial charge in [-0.25, -0.2) is 0 Å². The number of nitrogens with zero attached hydrogens (tertiary/aromatic N) is 1. The maximum absolute atomic E-state index is 10.7. The molecule has 0 heterocycles. The number of aliphatic imine (C=N–C) groups is 1. The van der Waals surface area contributed by atoms with Crippen LogP contribution >= 0.6 is 11.6 Å². The summed E-state index contributed by atoms with van der Waals surface area (Å²) in [5, 5.41) is 13.4. The first-order valence-corrected chi connectivity index (χ1v) is 9.35. The summed E-state index contributed by atoms with van der Waals surface area (Å²) in [6.45, 7) is 0. The Morgan fingerprint density at radius 1 is 0.857 bits per heavy atom. The van der Waals surface area contributed by atoms with Crippen molar-refractivity contribution in [2.75, 3.05) is 5.73 Å². The van der Waals surface area contributed by atoms with Crippen molar-refractivity contribution in [3.63, 3.8) is 0 Å². The van der Waals surface area contributed by atoms with E-state index in [0.29, 0.717) is 10.7 Å². The summed E-state index contributed by atoms with van der Waals surface area (Å²) in [5.41, 5.74) is 9.41. The monoisotopic (exact) mass is 386 g/mol. The number of fused-ring (bicyclic) bond motifs is 1. The Balaban J connectivity index is 1.91. The number of nitrogen functional groups attached to an aromatic ring is 1. The summed E-state index contributed by atoms with van der Waals surface area (Å²) in [6, 6.07) is 26.2. The second-order valence-electron chi connectivity index (χ2n) is 6.58. The molecule has 0 aromatic heterocycles. The second-order valence-corrected chi connectivity index (χ2v) is 7.02.